The normalized spacial score (nSPS) is 10.8. The van der Waals surface area contributed by atoms with Crippen LogP contribution in [0.25, 0.3) is 0 Å². The predicted molar refractivity (Wildman–Crippen MR) is 107 cm³/mol. The number of hydrogen-bond acceptors (Lipinski definition) is 3. The van der Waals surface area contributed by atoms with Gasteiger partial charge in [-0.25, -0.2) is 5.43 Å². The summed E-state index contributed by atoms with van der Waals surface area (Å²) in [6, 6.07) is 9.60. The van der Waals surface area contributed by atoms with E-state index < -0.39 is 5.91 Å². The molecule has 2 aromatic rings. The van der Waals surface area contributed by atoms with E-state index in [-0.39, 0.29) is 18.7 Å². The van der Waals surface area contributed by atoms with E-state index in [1.165, 1.54) is 12.3 Å². The van der Waals surface area contributed by atoms with Crippen LogP contribution in [-0.4, -0.2) is 18.0 Å². The second kappa shape index (κ2) is 9.78. The minimum absolute atomic E-state index is 0.0358. The highest BCUT2D eigenvalue weighted by atomic mass is 35.5. The van der Waals surface area contributed by atoms with Crippen LogP contribution in [0.5, 0.6) is 0 Å². The topological polar surface area (TPSA) is 70.6 Å². The highest BCUT2D eigenvalue weighted by Crippen LogP contribution is 2.25. The molecule has 2 amide bonds. The zero-order chi connectivity index (χ0) is 19.1. The number of benzene rings is 2. The Morgan fingerprint density at radius 3 is 2.27 bits per heavy atom. The fourth-order valence-corrected chi connectivity index (χ4v) is 2.66. The minimum Gasteiger partial charge on any atom is -0.325 e. The first-order valence-corrected chi connectivity index (χ1v) is 8.88. The number of carbonyl (C=O) groups excluding carboxylic acids is 2. The fraction of sp³-hybridized carbons (Fsp3) is 0.118. The molecule has 0 spiro atoms. The van der Waals surface area contributed by atoms with Crippen molar-refractivity contribution in [3.05, 3.63) is 62.1 Å². The monoisotopic (exact) mass is 431 g/mol. The number of carbonyl (C=O) groups is 2. The first-order chi connectivity index (χ1) is 12.3. The van der Waals surface area contributed by atoms with Crippen LogP contribution in [-0.2, 0) is 9.59 Å². The van der Waals surface area contributed by atoms with Gasteiger partial charge in [0.15, 0.2) is 0 Å². The van der Waals surface area contributed by atoms with Crippen LogP contribution in [0, 0.1) is 0 Å². The van der Waals surface area contributed by atoms with E-state index in [9.17, 15) is 9.59 Å². The van der Waals surface area contributed by atoms with Crippen molar-refractivity contribution in [3.8, 4) is 0 Å². The van der Waals surface area contributed by atoms with E-state index in [4.69, 9.17) is 46.4 Å². The van der Waals surface area contributed by atoms with E-state index in [0.29, 0.717) is 31.3 Å². The predicted octanol–water partition coefficient (Wildman–Crippen LogP) is 5.17. The Morgan fingerprint density at radius 2 is 1.54 bits per heavy atom. The van der Waals surface area contributed by atoms with Crippen LogP contribution in [0.15, 0.2) is 41.5 Å². The largest absolute Gasteiger partial charge is 0.325 e. The first-order valence-electron chi connectivity index (χ1n) is 7.37. The van der Waals surface area contributed by atoms with Crippen LogP contribution < -0.4 is 10.7 Å². The third-order valence-corrected chi connectivity index (χ3v) is 4.26. The summed E-state index contributed by atoms with van der Waals surface area (Å²) >= 11 is 23.6. The molecule has 5 nitrogen and oxygen atoms in total. The summed E-state index contributed by atoms with van der Waals surface area (Å²) in [7, 11) is 0. The van der Waals surface area contributed by atoms with Crippen molar-refractivity contribution in [1.29, 1.82) is 0 Å². The third-order valence-electron chi connectivity index (χ3n) is 3.14. The molecule has 0 radical (unpaired) electrons. The highest BCUT2D eigenvalue weighted by Gasteiger charge is 2.09. The first kappa shape index (κ1) is 20.5. The molecule has 0 aliphatic rings. The lowest BCUT2D eigenvalue weighted by molar-refractivity contribution is -0.124. The van der Waals surface area contributed by atoms with E-state index in [1.54, 1.807) is 30.3 Å². The number of nitrogens with zero attached hydrogens (tertiary/aromatic N) is 1. The Kier molecular flexibility index (Phi) is 7.72. The number of anilines is 1. The highest BCUT2D eigenvalue weighted by molar-refractivity contribution is 6.36. The second-order valence-electron chi connectivity index (χ2n) is 5.13. The molecule has 9 heteroatoms. The maximum absolute atomic E-state index is 11.9. The van der Waals surface area contributed by atoms with Crippen molar-refractivity contribution >= 4 is 70.1 Å². The zero-order valence-corrected chi connectivity index (χ0v) is 16.3. The van der Waals surface area contributed by atoms with E-state index in [1.807, 2.05) is 0 Å². The average molecular weight is 433 g/mol. The molecule has 0 bridgehead atoms. The maximum Gasteiger partial charge on any atom is 0.240 e. The Morgan fingerprint density at radius 1 is 0.885 bits per heavy atom. The smallest absolute Gasteiger partial charge is 0.240 e. The van der Waals surface area contributed by atoms with E-state index in [2.05, 4.69) is 15.8 Å². The quantitative estimate of drug-likeness (QED) is 0.488. The van der Waals surface area contributed by atoms with Gasteiger partial charge in [-0.1, -0.05) is 52.5 Å². The number of amides is 2. The molecular formula is C17H13Cl4N3O2. The maximum atomic E-state index is 11.9. The standard InChI is InChI=1S/C17H13Cl4N3O2/c18-11-2-1-10(14(21)7-11)9-22-24-17(26)6-5-16(25)23-15-8-12(19)3-4-13(15)20/h1-4,7-9H,5-6H2,(H,23,25)(H,24,26)/b22-9+. The summed E-state index contributed by atoms with van der Waals surface area (Å²) in [5, 5.41) is 8.11. The molecule has 0 atom stereocenters. The Balaban J connectivity index is 1.80. The summed E-state index contributed by atoms with van der Waals surface area (Å²) in [5.74, 6) is -0.785. The van der Waals surface area contributed by atoms with E-state index >= 15 is 0 Å². The lowest BCUT2D eigenvalue weighted by atomic mass is 10.2. The molecule has 2 aromatic carbocycles. The fourth-order valence-electron chi connectivity index (χ4n) is 1.87. The minimum atomic E-state index is -0.418. The molecule has 2 rings (SSSR count). The van der Waals surface area contributed by atoms with Gasteiger partial charge in [-0.15, -0.1) is 0 Å². The molecule has 0 aromatic heterocycles. The molecule has 26 heavy (non-hydrogen) atoms. The lowest BCUT2D eigenvalue weighted by Crippen LogP contribution is -2.20. The molecule has 0 heterocycles. The van der Waals surface area contributed by atoms with Gasteiger partial charge >= 0.3 is 0 Å². The van der Waals surface area contributed by atoms with Crippen molar-refractivity contribution in [2.24, 2.45) is 5.10 Å². The average Bonchev–Trinajstić information content (AvgIpc) is 2.58. The molecule has 0 saturated heterocycles. The molecule has 0 aliphatic heterocycles. The summed E-state index contributed by atoms with van der Waals surface area (Å²) < 4.78 is 0. The lowest BCUT2D eigenvalue weighted by Gasteiger charge is -2.07. The number of nitrogens with one attached hydrogen (secondary N) is 2. The Labute approximate surface area is 170 Å². The number of rotatable bonds is 6. The van der Waals surface area contributed by atoms with Crippen LogP contribution in [0.2, 0.25) is 20.1 Å². The summed E-state index contributed by atoms with van der Waals surface area (Å²) in [6.45, 7) is 0. The molecule has 0 saturated carbocycles. The molecular weight excluding hydrogens is 420 g/mol. The number of hydrogen-bond donors (Lipinski definition) is 2. The number of halogens is 4. The SMILES string of the molecule is O=C(CCC(=O)Nc1cc(Cl)ccc1Cl)N/N=C/c1ccc(Cl)cc1Cl. The van der Waals surface area contributed by atoms with Gasteiger partial charge in [0.05, 0.1) is 21.9 Å². The van der Waals surface area contributed by atoms with Gasteiger partial charge in [-0.3, -0.25) is 9.59 Å². The molecule has 0 unspecified atom stereocenters. The van der Waals surface area contributed by atoms with Gasteiger partial charge < -0.3 is 5.32 Å². The van der Waals surface area contributed by atoms with Gasteiger partial charge in [0.1, 0.15) is 0 Å². The van der Waals surface area contributed by atoms with Crippen LogP contribution in [0.3, 0.4) is 0 Å². The Hall–Kier alpha value is -1.79. The Bertz CT molecular complexity index is 856. The van der Waals surface area contributed by atoms with Gasteiger partial charge in [-0.05, 0) is 30.3 Å². The van der Waals surface area contributed by atoms with Crippen molar-refractivity contribution in [2.75, 3.05) is 5.32 Å². The summed E-state index contributed by atoms with van der Waals surface area (Å²) in [6.07, 6.45) is 1.31. The molecule has 0 aliphatic carbocycles. The number of hydrazone groups is 1. The molecule has 2 N–H and O–H groups in total. The van der Waals surface area contributed by atoms with Crippen molar-refractivity contribution in [3.63, 3.8) is 0 Å². The van der Waals surface area contributed by atoms with Crippen LogP contribution in [0.1, 0.15) is 18.4 Å². The third kappa shape index (κ3) is 6.50. The van der Waals surface area contributed by atoms with Gasteiger partial charge in [0.25, 0.3) is 0 Å². The van der Waals surface area contributed by atoms with Crippen molar-refractivity contribution < 1.29 is 9.59 Å². The van der Waals surface area contributed by atoms with Crippen molar-refractivity contribution in [1.82, 2.24) is 5.43 Å². The van der Waals surface area contributed by atoms with Gasteiger partial charge in [0, 0.05) is 28.5 Å². The van der Waals surface area contributed by atoms with Gasteiger partial charge in [-0.2, -0.15) is 5.10 Å². The summed E-state index contributed by atoms with van der Waals surface area (Å²) in [5.41, 5.74) is 3.31. The van der Waals surface area contributed by atoms with Crippen LogP contribution in [0.4, 0.5) is 5.69 Å². The molecule has 136 valence electrons. The van der Waals surface area contributed by atoms with E-state index in [0.717, 1.165) is 0 Å². The van der Waals surface area contributed by atoms with Crippen molar-refractivity contribution in [2.45, 2.75) is 12.8 Å². The molecule has 0 fully saturated rings. The summed E-state index contributed by atoms with van der Waals surface area (Å²) in [4.78, 5) is 23.6. The zero-order valence-electron chi connectivity index (χ0n) is 13.2. The second-order valence-corrected chi connectivity index (χ2v) is 6.82. The van der Waals surface area contributed by atoms with Crippen LogP contribution >= 0.6 is 46.4 Å². The van der Waals surface area contributed by atoms with Gasteiger partial charge in [0.2, 0.25) is 11.8 Å².